The zero-order valence-electron chi connectivity index (χ0n) is 16.2. The van der Waals surface area contributed by atoms with Crippen molar-refractivity contribution in [2.45, 2.75) is 13.3 Å². The normalized spacial score (nSPS) is 18.8. The average Bonchev–Trinajstić information content (AvgIpc) is 2.99. The molecule has 3 heteroatoms. The van der Waals surface area contributed by atoms with Crippen LogP contribution >= 0.6 is 0 Å². The molecule has 27 heavy (non-hydrogen) atoms. The van der Waals surface area contributed by atoms with Crippen molar-refractivity contribution in [3.63, 3.8) is 0 Å². The van der Waals surface area contributed by atoms with E-state index < -0.39 is 0 Å². The molecule has 0 amide bonds. The number of benzene rings is 2. The zero-order chi connectivity index (χ0) is 18.6. The monoisotopic (exact) mass is 361 g/mol. The Balaban J connectivity index is 1.62. The lowest BCUT2D eigenvalue weighted by Crippen LogP contribution is -2.36. The van der Waals surface area contributed by atoms with Gasteiger partial charge in [-0.3, -0.25) is 4.90 Å². The van der Waals surface area contributed by atoms with Crippen molar-refractivity contribution in [2.75, 3.05) is 40.0 Å². The highest BCUT2D eigenvalue weighted by Crippen LogP contribution is 2.43. The van der Waals surface area contributed by atoms with E-state index >= 15 is 0 Å². The lowest BCUT2D eigenvalue weighted by Gasteiger charge is -2.26. The van der Waals surface area contributed by atoms with Gasteiger partial charge >= 0.3 is 0 Å². The summed E-state index contributed by atoms with van der Waals surface area (Å²) in [7, 11) is 1.70. The molecule has 4 rings (SSSR count). The van der Waals surface area contributed by atoms with E-state index in [1.807, 2.05) is 12.1 Å². The molecule has 1 aliphatic carbocycles. The summed E-state index contributed by atoms with van der Waals surface area (Å²) in [5.74, 6) is 0.891. The van der Waals surface area contributed by atoms with Gasteiger partial charge in [-0.05, 0) is 65.0 Å². The summed E-state index contributed by atoms with van der Waals surface area (Å²) >= 11 is 0. The second-order valence-corrected chi connectivity index (χ2v) is 7.18. The molecule has 0 N–H and O–H groups in total. The van der Waals surface area contributed by atoms with Crippen LogP contribution in [0.2, 0.25) is 0 Å². The Labute approximate surface area is 161 Å². The average molecular weight is 361 g/mol. The van der Waals surface area contributed by atoms with Gasteiger partial charge < -0.3 is 9.47 Å². The van der Waals surface area contributed by atoms with Gasteiger partial charge in [-0.25, -0.2) is 0 Å². The standard InChI is InChI=1S/C24H27NO2/c1-18-21(11-12-25-13-15-27-16-14-25)22-5-3-4-6-23(22)24(18)17-19-7-9-20(26-2)10-8-19/h3-10,17H,11-16H2,1-2H3/b24-17+. The molecule has 2 aliphatic rings. The summed E-state index contributed by atoms with van der Waals surface area (Å²) in [5.41, 5.74) is 8.17. The maximum absolute atomic E-state index is 5.48. The molecule has 0 radical (unpaired) electrons. The Bertz CT molecular complexity index is 858. The smallest absolute Gasteiger partial charge is 0.118 e. The first-order chi connectivity index (χ1) is 13.3. The highest BCUT2D eigenvalue weighted by atomic mass is 16.5. The number of morpholine rings is 1. The number of hydrogen-bond donors (Lipinski definition) is 0. The van der Waals surface area contributed by atoms with Gasteiger partial charge in [0.15, 0.2) is 0 Å². The van der Waals surface area contributed by atoms with Gasteiger partial charge in [-0.2, -0.15) is 0 Å². The van der Waals surface area contributed by atoms with Crippen LogP contribution in [-0.2, 0) is 4.74 Å². The summed E-state index contributed by atoms with van der Waals surface area (Å²) in [6.45, 7) is 7.17. The van der Waals surface area contributed by atoms with Gasteiger partial charge in [-0.15, -0.1) is 0 Å². The van der Waals surface area contributed by atoms with Crippen molar-refractivity contribution < 1.29 is 9.47 Å². The van der Waals surface area contributed by atoms with Gasteiger partial charge in [0.2, 0.25) is 0 Å². The Hall–Kier alpha value is -2.36. The minimum absolute atomic E-state index is 0.858. The molecular weight excluding hydrogens is 334 g/mol. The zero-order valence-corrected chi connectivity index (χ0v) is 16.2. The van der Waals surface area contributed by atoms with E-state index in [2.05, 4.69) is 54.3 Å². The third-order valence-corrected chi connectivity index (χ3v) is 5.61. The summed E-state index contributed by atoms with van der Waals surface area (Å²) in [6, 6.07) is 17.1. The SMILES string of the molecule is COc1ccc(/C=C2\C(C)=C(CCN3CCOCC3)c3ccccc32)cc1. The van der Waals surface area contributed by atoms with Crippen LogP contribution in [0.3, 0.4) is 0 Å². The Morgan fingerprint density at radius 3 is 2.41 bits per heavy atom. The largest absolute Gasteiger partial charge is 0.497 e. The molecule has 1 heterocycles. The van der Waals surface area contributed by atoms with E-state index in [0.29, 0.717) is 0 Å². The summed E-state index contributed by atoms with van der Waals surface area (Å²) in [6.07, 6.45) is 3.39. The first kappa shape index (κ1) is 18.0. The molecule has 2 aromatic carbocycles. The molecular formula is C24H27NO2. The Morgan fingerprint density at radius 2 is 1.70 bits per heavy atom. The highest BCUT2D eigenvalue weighted by molar-refractivity contribution is 6.05. The Kier molecular flexibility index (Phi) is 5.42. The number of ether oxygens (including phenoxy) is 2. The van der Waals surface area contributed by atoms with Gasteiger partial charge in [0.05, 0.1) is 20.3 Å². The van der Waals surface area contributed by atoms with Crippen LogP contribution in [0.15, 0.2) is 54.1 Å². The molecule has 0 unspecified atom stereocenters. The summed E-state index contributed by atoms with van der Waals surface area (Å²) in [5, 5.41) is 0. The van der Waals surface area contributed by atoms with Crippen LogP contribution in [0.25, 0.3) is 17.2 Å². The van der Waals surface area contributed by atoms with Crippen LogP contribution in [0, 0.1) is 0 Å². The molecule has 1 aliphatic heterocycles. The molecule has 140 valence electrons. The van der Waals surface area contributed by atoms with Crippen molar-refractivity contribution in [3.05, 3.63) is 70.8 Å². The quantitative estimate of drug-likeness (QED) is 0.767. The Morgan fingerprint density at radius 1 is 1.00 bits per heavy atom. The van der Waals surface area contributed by atoms with Crippen LogP contribution in [0.1, 0.15) is 30.0 Å². The first-order valence-electron chi connectivity index (χ1n) is 9.72. The third-order valence-electron chi connectivity index (χ3n) is 5.61. The highest BCUT2D eigenvalue weighted by Gasteiger charge is 2.23. The van der Waals surface area contributed by atoms with E-state index in [1.54, 1.807) is 7.11 Å². The van der Waals surface area contributed by atoms with Gasteiger partial charge in [0.1, 0.15) is 5.75 Å². The van der Waals surface area contributed by atoms with Crippen LogP contribution in [-0.4, -0.2) is 44.9 Å². The van der Waals surface area contributed by atoms with E-state index in [4.69, 9.17) is 9.47 Å². The van der Waals surface area contributed by atoms with Crippen molar-refractivity contribution in [1.29, 1.82) is 0 Å². The van der Waals surface area contributed by atoms with Crippen LogP contribution in [0.4, 0.5) is 0 Å². The van der Waals surface area contributed by atoms with Gasteiger partial charge in [0, 0.05) is 19.6 Å². The van der Waals surface area contributed by atoms with Crippen molar-refractivity contribution in [3.8, 4) is 5.75 Å². The fourth-order valence-corrected chi connectivity index (χ4v) is 4.02. The number of nitrogens with zero attached hydrogens (tertiary/aromatic N) is 1. The number of rotatable bonds is 5. The minimum atomic E-state index is 0.858. The molecule has 1 saturated heterocycles. The lowest BCUT2D eigenvalue weighted by molar-refractivity contribution is 0.0390. The van der Waals surface area contributed by atoms with Crippen molar-refractivity contribution in [2.24, 2.45) is 0 Å². The molecule has 0 atom stereocenters. The van der Waals surface area contributed by atoms with Gasteiger partial charge in [0.25, 0.3) is 0 Å². The molecule has 0 bridgehead atoms. The van der Waals surface area contributed by atoms with Crippen LogP contribution < -0.4 is 4.74 Å². The summed E-state index contributed by atoms with van der Waals surface area (Å²) in [4.78, 5) is 2.51. The molecule has 1 fully saturated rings. The van der Waals surface area contributed by atoms with Crippen LogP contribution in [0.5, 0.6) is 5.75 Å². The molecule has 2 aromatic rings. The molecule has 0 saturated carbocycles. The number of allylic oxidation sites excluding steroid dienone is 2. The van der Waals surface area contributed by atoms with E-state index in [1.165, 1.54) is 33.4 Å². The fourth-order valence-electron chi connectivity index (χ4n) is 4.02. The predicted molar refractivity (Wildman–Crippen MR) is 112 cm³/mol. The molecule has 3 nitrogen and oxygen atoms in total. The first-order valence-corrected chi connectivity index (χ1v) is 9.72. The molecule has 0 spiro atoms. The van der Waals surface area contributed by atoms with Crippen molar-refractivity contribution >= 4 is 17.2 Å². The summed E-state index contributed by atoms with van der Waals surface area (Å²) < 4.78 is 10.8. The van der Waals surface area contributed by atoms with Gasteiger partial charge in [-0.1, -0.05) is 36.4 Å². The van der Waals surface area contributed by atoms with E-state index in [9.17, 15) is 0 Å². The van der Waals surface area contributed by atoms with E-state index in [-0.39, 0.29) is 0 Å². The minimum Gasteiger partial charge on any atom is -0.497 e. The second kappa shape index (κ2) is 8.12. The maximum atomic E-state index is 5.48. The van der Waals surface area contributed by atoms with Crippen molar-refractivity contribution in [1.82, 2.24) is 4.90 Å². The number of methoxy groups -OCH3 is 1. The lowest BCUT2D eigenvalue weighted by atomic mass is 10.0. The predicted octanol–water partition coefficient (Wildman–Crippen LogP) is 4.75. The topological polar surface area (TPSA) is 21.7 Å². The maximum Gasteiger partial charge on any atom is 0.118 e. The fraction of sp³-hybridized carbons (Fsp3) is 0.333. The van der Waals surface area contributed by atoms with E-state index in [0.717, 1.165) is 45.0 Å². The third kappa shape index (κ3) is 3.85. The number of fused-ring (bicyclic) bond motifs is 1. The molecule has 0 aromatic heterocycles. The second-order valence-electron chi connectivity index (χ2n) is 7.18. The number of hydrogen-bond acceptors (Lipinski definition) is 3.